The standard InChI is InChI=1S/C19H17F2N7O2/c20-19(21)5-7-28(11-19)15-4-3-13(9-23-15)25-18(30)16-14(10-24-27-16)26-17(29)12-2-1-6-22-8-12/h1-4,6,8-10H,5,7,11H2,(H,24,27)(H,25,30)(H,26,29). The number of carbonyl (C=O) groups is 2. The lowest BCUT2D eigenvalue weighted by molar-refractivity contribution is 0.0256. The fraction of sp³-hybridized carbons (Fsp3) is 0.211. The number of anilines is 3. The van der Waals surface area contributed by atoms with Gasteiger partial charge in [-0.15, -0.1) is 0 Å². The normalized spacial score (nSPS) is 15.1. The maximum atomic E-state index is 13.4. The molecule has 3 aromatic heterocycles. The van der Waals surface area contributed by atoms with Gasteiger partial charge in [-0.1, -0.05) is 0 Å². The Morgan fingerprint density at radius 2 is 1.97 bits per heavy atom. The molecule has 1 aliphatic rings. The van der Waals surface area contributed by atoms with Gasteiger partial charge in [0, 0.05) is 25.4 Å². The number of aromatic nitrogens is 4. The van der Waals surface area contributed by atoms with Crippen LogP contribution in [0.15, 0.2) is 49.1 Å². The average molecular weight is 413 g/mol. The Morgan fingerprint density at radius 3 is 2.63 bits per heavy atom. The zero-order valence-corrected chi connectivity index (χ0v) is 15.6. The quantitative estimate of drug-likeness (QED) is 0.592. The first-order valence-electron chi connectivity index (χ1n) is 9.06. The number of alkyl halides is 2. The monoisotopic (exact) mass is 413 g/mol. The van der Waals surface area contributed by atoms with Crippen LogP contribution in [-0.2, 0) is 0 Å². The van der Waals surface area contributed by atoms with E-state index < -0.39 is 17.7 Å². The van der Waals surface area contributed by atoms with Crippen LogP contribution in [0, 0.1) is 0 Å². The number of aromatic amines is 1. The van der Waals surface area contributed by atoms with Crippen LogP contribution in [0.2, 0.25) is 0 Å². The molecule has 9 nitrogen and oxygen atoms in total. The summed E-state index contributed by atoms with van der Waals surface area (Å²) in [5, 5.41) is 11.6. The summed E-state index contributed by atoms with van der Waals surface area (Å²) in [5.41, 5.74) is 0.951. The second-order valence-corrected chi connectivity index (χ2v) is 6.74. The molecule has 1 saturated heterocycles. The minimum Gasteiger partial charge on any atom is -0.350 e. The molecule has 0 spiro atoms. The van der Waals surface area contributed by atoms with Gasteiger partial charge in [-0.3, -0.25) is 19.7 Å². The van der Waals surface area contributed by atoms with Crippen molar-refractivity contribution in [3.05, 3.63) is 60.3 Å². The van der Waals surface area contributed by atoms with Crippen LogP contribution in [0.4, 0.5) is 26.0 Å². The third kappa shape index (κ3) is 4.24. The largest absolute Gasteiger partial charge is 0.350 e. The highest BCUT2D eigenvalue weighted by Gasteiger charge is 2.38. The van der Waals surface area contributed by atoms with Gasteiger partial charge in [0.05, 0.1) is 35.9 Å². The molecular weight excluding hydrogens is 396 g/mol. The first-order chi connectivity index (χ1) is 14.4. The summed E-state index contributed by atoms with van der Waals surface area (Å²) in [6.45, 7) is -0.153. The third-order valence-electron chi connectivity index (χ3n) is 4.54. The molecule has 3 N–H and O–H groups in total. The molecule has 0 unspecified atom stereocenters. The van der Waals surface area contributed by atoms with Crippen molar-refractivity contribution in [3.63, 3.8) is 0 Å². The van der Waals surface area contributed by atoms with Gasteiger partial charge in [0.15, 0.2) is 0 Å². The van der Waals surface area contributed by atoms with Crippen molar-refractivity contribution in [2.45, 2.75) is 12.3 Å². The zero-order valence-electron chi connectivity index (χ0n) is 15.6. The van der Waals surface area contributed by atoms with Crippen molar-refractivity contribution in [2.75, 3.05) is 28.6 Å². The Kier molecular flexibility index (Phi) is 5.09. The molecule has 0 aliphatic carbocycles. The Labute approximate surface area is 169 Å². The van der Waals surface area contributed by atoms with E-state index in [-0.39, 0.29) is 30.9 Å². The van der Waals surface area contributed by atoms with Gasteiger partial charge in [-0.25, -0.2) is 13.8 Å². The number of pyridine rings is 2. The Morgan fingerprint density at radius 1 is 1.10 bits per heavy atom. The van der Waals surface area contributed by atoms with Crippen LogP contribution in [0.3, 0.4) is 0 Å². The van der Waals surface area contributed by atoms with E-state index in [1.165, 1.54) is 23.5 Å². The number of nitrogens with zero attached hydrogens (tertiary/aromatic N) is 4. The lowest BCUT2D eigenvalue weighted by atomic mass is 10.2. The molecule has 3 aromatic rings. The molecule has 4 heterocycles. The van der Waals surface area contributed by atoms with E-state index in [2.05, 4.69) is 30.8 Å². The lowest BCUT2D eigenvalue weighted by Crippen LogP contribution is -2.25. The summed E-state index contributed by atoms with van der Waals surface area (Å²) in [6, 6.07) is 6.35. The Bertz CT molecular complexity index is 1050. The SMILES string of the molecule is O=C(Nc1cn[nH]c1C(=O)Nc1ccc(N2CCC(F)(F)C2)nc1)c1cccnc1. The van der Waals surface area contributed by atoms with Crippen molar-refractivity contribution in [2.24, 2.45) is 0 Å². The minimum absolute atomic E-state index is 0.0514. The van der Waals surface area contributed by atoms with E-state index in [1.54, 1.807) is 30.5 Å². The number of hydrogen-bond acceptors (Lipinski definition) is 6. The summed E-state index contributed by atoms with van der Waals surface area (Å²) < 4.78 is 26.7. The maximum absolute atomic E-state index is 13.4. The predicted molar refractivity (Wildman–Crippen MR) is 105 cm³/mol. The van der Waals surface area contributed by atoms with Crippen LogP contribution in [0.1, 0.15) is 27.3 Å². The minimum atomic E-state index is -2.72. The number of carbonyl (C=O) groups excluding carboxylic acids is 2. The topological polar surface area (TPSA) is 116 Å². The van der Waals surface area contributed by atoms with Gasteiger partial charge in [-0.2, -0.15) is 5.10 Å². The highest BCUT2D eigenvalue weighted by molar-refractivity contribution is 6.11. The van der Waals surface area contributed by atoms with E-state index >= 15 is 0 Å². The number of halogens is 2. The molecule has 0 radical (unpaired) electrons. The first kappa shape index (κ1) is 19.4. The maximum Gasteiger partial charge on any atom is 0.275 e. The molecule has 2 amide bonds. The summed E-state index contributed by atoms with van der Waals surface area (Å²) in [7, 11) is 0. The van der Waals surface area contributed by atoms with Crippen molar-refractivity contribution >= 4 is 29.0 Å². The van der Waals surface area contributed by atoms with Crippen molar-refractivity contribution in [1.29, 1.82) is 0 Å². The molecule has 0 aromatic carbocycles. The van der Waals surface area contributed by atoms with Crippen LogP contribution in [0.5, 0.6) is 0 Å². The van der Waals surface area contributed by atoms with Crippen molar-refractivity contribution < 1.29 is 18.4 Å². The second kappa shape index (κ2) is 7.85. The molecule has 154 valence electrons. The summed E-state index contributed by atoms with van der Waals surface area (Å²) >= 11 is 0. The summed E-state index contributed by atoms with van der Waals surface area (Å²) in [6.07, 6.45) is 5.44. The molecule has 0 bridgehead atoms. The molecule has 1 fully saturated rings. The van der Waals surface area contributed by atoms with E-state index in [9.17, 15) is 18.4 Å². The van der Waals surface area contributed by atoms with E-state index in [4.69, 9.17) is 0 Å². The van der Waals surface area contributed by atoms with E-state index in [1.807, 2.05) is 0 Å². The molecule has 0 atom stereocenters. The lowest BCUT2D eigenvalue weighted by Gasteiger charge is -2.17. The zero-order chi connectivity index (χ0) is 21.1. The molecule has 30 heavy (non-hydrogen) atoms. The number of rotatable bonds is 5. The Hall–Kier alpha value is -3.89. The molecule has 1 aliphatic heterocycles. The number of H-pyrrole nitrogens is 1. The number of hydrogen-bond donors (Lipinski definition) is 3. The second-order valence-electron chi connectivity index (χ2n) is 6.74. The molecular formula is C19H17F2N7O2. The average Bonchev–Trinajstić information content (AvgIpc) is 3.35. The smallest absolute Gasteiger partial charge is 0.275 e. The number of amides is 2. The van der Waals surface area contributed by atoms with Gasteiger partial charge in [0.1, 0.15) is 11.5 Å². The molecule has 0 saturated carbocycles. The fourth-order valence-electron chi connectivity index (χ4n) is 3.02. The highest BCUT2D eigenvalue weighted by atomic mass is 19.3. The van der Waals surface area contributed by atoms with Crippen LogP contribution >= 0.6 is 0 Å². The van der Waals surface area contributed by atoms with E-state index in [0.717, 1.165) is 0 Å². The highest BCUT2D eigenvalue weighted by Crippen LogP contribution is 2.30. The summed E-state index contributed by atoms with van der Waals surface area (Å²) in [4.78, 5) is 34.3. The van der Waals surface area contributed by atoms with Crippen molar-refractivity contribution in [1.82, 2.24) is 20.2 Å². The van der Waals surface area contributed by atoms with Crippen LogP contribution in [0.25, 0.3) is 0 Å². The van der Waals surface area contributed by atoms with Gasteiger partial charge in [0.2, 0.25) is 0 Å². The number of nitrogens with one attached hydrogen (secondary N) is 3. The summed E-state index contributed by atoms with van der Waals surface area (Å²) in [5.74, 6) is -3.29. The van der Waals surface area contributed by atoms with Gasteiger partial charge < -0.3 is 15.5 Å². The third-order valence-corrected chi connectivity index (χ3v) is 4.54. The fourth-order valence-corrected chi connectivity index (χ4v) is 3.02. The Balaban J connectivity index is 1.41. The van der Waals surface area contributed by atoms with Crippen molar-refractivity contribution in [3.8, 4) is 0 Å². The van der Waals surface area contributed by atoms with Gasteiger partial charge in [-0.05, 0) is 24.3 Å². The first-order valence-corrected chi connectivity index (χ1v) is 9.06. The predicted octanol–water partition coefficient (Wildman–Crippen LogP) is 2.55. The van der Waals surface area contributed by atoms with Crippen LogP contribution < -0.4 is 15.5 Å². The van der Waals surface area contributed by atoms with Gasteiger partial charge in [0.25, 0.3) is 17.7 Å². The van der Waals surface area contributed by atoms with Crippen LogP contribution in [-0.4, -0.2) is 51.0 Å². The van der Waals surface area contributed by atoms with Gasteiger partial charge >= 0.3 is 0 Å². The molecule has 4 rings (SSSR count). The van der Waals surface area contributed by atoms with E-state index in [0.29, 0.717) is 17.1 Å². The molecule has 11 heteroatoms.